The summed E-state index contributed by atoms with van der Waals surface area (Å²) in [6, 6.07) is 0. The fourth-order valence-corrected chi connectivity index (χ4v) is 2.32. The van der Waals surface area contributed by atoms with E-state index in [0.29, 0.717) is 12.8 Å². The van der Waals surface area contributed by atoms with Gasteiger partial charge in [0.25, 0.3) is 0 Å². The van der Waals surface area contributed by atoms with Gasteiger partial charge in [0.1, 0.15) is 11.6 Å². The summed E-state index contributed by atoms with van der Waals surface area (Å²) in [6.45, 7) is 8.59. The van der Waals surface area contributed by atoms with E-state index in [1.165, 1.54) is 0 Å². The standard InChI is InChI=1S/C15H22N4O2/c1-5-8-19-15(10(2)9-16-19)17-14(20)7-6-13-11(3)18-21-12(13)4/h9H,5-8H2,1-4H3,(H,17,20). The van der Waals surface area contributed by atoms with Gasteiger partial charge in [-0.2, -0.15) is 5.10 Å². The van der Waals surface area contributed by atoms with Crippen LogP contribution in [0.25, 0.3) is 0 Å². The van der Waals surface area contributed by atoms with E-state index in [1.807, 2.05) is 25.5 Å². The molecule has 114 valence electrons. The maximum absolute atomic E-state index is 12.1. The number of hydrogen-bond acceptors (Lipinski definition) is 4. The lowest BCUT2D eigenvalue weighted by Crippen LogP contribution is -2.17. The minimum absolute atomic E-state index is 0.0176. The number of rotatable bonds is 6. The Hall–Kier alpha value is -2.11. The third-order valence-electron chi connectivity index (χ3n) is 3.50. The molecule has 0 saturated heterocycles. The molecule has 0 aliphatic heterocycles. The molecule has 2 rings (SSSR count). The molecule has 0 aliphatic carbocycles. The summed E-state index contributed by atoms with van der Waals surface area (Å²) >= 11 is 0. The number of carbonyl (C=O) groups is 1. The summed E-state index contributed by atoms with van der Waals surface area (Å²) in [4.78, 5) is 12.1. The van der Waals surface area contributed by atoms with E-state index in [9.17, 15) is 4.79 Å². The molecule has 1 N–H and O–H groups in total. The lowest BCUT2D eigenvalue weighted by Gasteiger charge is -2.09. The molecule has 0 bridgehead atoms. The van der Waals surface area contributed by atoms with Crippen LogP contribution in [-0.4, -0.2) is 20.8 Å². The molecule has 0 unspecified atom stereocenters. The first-order chi connectivity index (χ1) is 10.0. The molecule has 6 heteroatoms. The first-order valence-electron chi connectivity index (χ1n) is 7.27. The van der Waals surface area contributed by atoms with Crippen LogP contribution in [0.1, 0.15) is 42.3 Å². The van der Waals surface area contributed by atoms with Gasteiger partial charge in [-0.05, 0) is 33.6 Å². The van der Waals surface area contributed by atoms with Gasteiger partial charge in [0.15, 0.2) is 0 Å². The van der Waals surface area contributed by atoms with E-state index in [4.69, 9.17) is 4.52 Å². The van der Waals surface area contributed by atoms with Crippen LogP contribution in [0.4, 0.5) is 5.82 Å². The molecule has 0 radical (unpaired) electrons. The summed E-state index contributed by atoms with van der Waals surface area (Å²) in [6.07, 6.45) is 3.79. The van der Waals surface area contributed by atoms with Crippen LogP contribution >= 0.6 is 0 Å². The molecule has 0 aliphatic rings. The van der Waals surface area contributed by atoms with Gasteiger partial charge < -0.3 is 9.84 Å². The zero-order valence-electron chi connectivity index (χ0n) is 13.1. The molecule has 1 amide bonds. The lowest BCUT2D eigenvalue weighted by atomic mass is 10.1. The largest absolute Gasteiger partial charge is 0.361 e. The second-order valence-electron chi connectivity index (χ2n) is 5.25. The van der Waals surface area contributed by atoms with E-state index in [-0.39, 0.29) is 5.91 Å². The van der Waals surface area contributed by atoms with Crippen LogP contribution in [0, 0.1) is 20.8 Å². The smallest absolute Gasteiger partial charge is 0.225 e. The maximum Gasteiger partial charge on any atom is 0.225 e. The zero-order valence-corrected chi connectivity index (χ0v) is 13.1. The Morgan fingerprint density at radius 1 is 1.38 bits per heavy atom. The van der Waals surface area contributed by atoms with Gasteiger partial charge in [-0.25, -0.2) is 4.68 Å². The van der Waals surface area contributed by atoms with Gasteiger partial charge in [-0.1, -0.05) is 12.1 Å². The van der Waals surface area contributed by atoms with E-state index >= 15 is 0 Å². The zero-order chi connectivity index (χ0) is 15.4. The summed E-state index contributed by atoms with van der Waals surface area (Å²) in [5.41, 5.74) is 2.85. The van der Waals surface area contributed by atoms with Gasteiger partial charge in [-0.3, -0.25) is 4.79 Å². The highest BCUT2D eigenvalue weighted by Crippen LogP contribution is 2.17. The number of carbonyl (C=O) groups excluding carboxylic acids is 1. The monoisotopic (exact) mass is 290 g/mol. The van der Waals surface area contributed by atoms with Crippen molar-refractivity contribution < 1.29 is 9.32 Å². The molecule has 2 aromatic rings. The van der Waals surface area contributed by atoms with Gasteiger partial charge in [0, 0.05) is 24.1 Å². The minimum atomic E-state index is -0.0176. The third-order valence-corrected chi connectivity index (χ3v) is 3.50. The maximum atomic E-state index is 12.1. The Morgan fingerprint density at radius 2 is 2.14 bits per heavy atom. The van der Waals surface area contributed by atoms with Gasteiger partial charge >= 0.3 is 0 Å². The van der Waals surface area contributed by atoms with Gasteiger partial charge in [-0.15, -0.1) is 0 Å². The van der Waals surface area contributed by atoms with E-state index in [2.05, 4.69) is 22.5 Å². The summed E-state index contributed by atoms with van der Waals surface area (Å²) in [5.74, 6) is 1.56. The highest BCUT2D eigenvalue weighted by Gasteiger charge is 2.14. The number of amides is 1. The van der Waals surface area contributed by atoms with Crippen LogP contribution in [-0.2, 0) is 17.8 Å². The average Bonchev–Trinajstić information content (AvgIpc) is 2.94. The highest BCUT2D eigenvalue weighted by atomic mass is 16.5. The molecule has 0 saturated carbocycles. The molecule has 0 aromatic carbocycles. The Balaban J connectivity index is 1.98. The summed E-state index contributed by atoms with van der Waals surface area (Å²) in [7, 11) is 0. The Morgan fingerprint density at radius 3 is 2.76 bits per heavy atom. The van der Waals surface area contributed by atoms with Crippen LogP contribution in [0.15, 0.2) is 10.7 Å². The number of aromatic nitrogens is 3. The van der Waals surface area contributed by atoms with Crippen molar-refractivity contribution in [2.45, 2.75) is 53.5 Å². The predicted molar refractivity (Wildman–Crippen MR) is 80.2 cm³/mol. The number of nitrogens with zero attached hydrogens (tertiary/aromatic N) is 3. The number of aryl methyl sites for hydroxylation is 4. The van der Waals surface area contributed by atoms with Crippen molar-refractivity contribution in [1.82, 2.24) is 14.9 Å². The highest BCUT2D eigenvalue weighted by molar-refractivity contribution is 5.90. The van der Waals surface area contributed by atoms with Crippen molar-refractivity contribution in [2.24, 2.45) is 0 Å². The number of hydrogen-bond donors (Lipinski definition) is 1. The third kappa shape index (κ3) is 3.51. The van der Waals surface area contributed by atoms with Crippen molar-refractivity contribution in [3.05, 3.63) is 28.8 Å². The molecule has 0 fully saturated rings. The molecular formula is C15H22N4O2. The second kappa shape index (κ2) is 6.56. The average molecular weight is 290 g/mol. The van der Waals surface area contributed by atoms with Crippen molar-refractivity contribution in [2.75, 3.05) is 5.32 Å². The van der Waals surface area contributed by atoms with Crippen molar-refractivity contribution >= 4 is 11.7 Å². The molecule has 2 heterocycles. The molecule has 6 nitrogen and oxygen atoms in total. The van der Waals surface area contributed by atoms with E-state index < -0.39 is 0 Å². The van der Waals surface area contributed by atoms with Crippen molar-refractivity contribution in [1.29, 1.82) is 0 Å². The van der Waals surface area contributed by atoms with Crippen LogP contribution in [0.3, 0.4) is 0 Å². The normalized spacial score (nSPS) is 10.9. The topological polar surface area (TPSA) is 73.0 Å². The number of anilines is 1. The Bertz CT molecular complexity index is 608. The quantitative estimate of drug-likeness (QED) is 0.887. The molecular weight excluding hydrogens is 268 g/mol. The van der Waals surface area contributed by atoms with Crippen LogP contribution < -0.4 is 5.32 Å². The molecule has 2 aromatic heterocycles. The molecule has 21 heavy (non-hydrogen) atoms. The first kappa shape index (κ1) is 15.3. The molecule has 0 spiro atoms. The van der Waals surface area contributed by atoms with Crippen molar-refractivity contribution in [3.8, 4) is 0 Å². The first-order valence-corrected chi connectivity index (χ1v) is 7.27. The van der Waals surface area contributed by atoms with E-state index in [0.717, 1.165) is 41.4 Å². The Kier molecular flexibility index (Phi) is 4.77. The Labute approximate surface area is 124 Å². The van der Waals surface area contributed by atoms with Crippen LogP contribution in [0.2, 0.25) is 0 Å². The van der Waals surface area contributed by atoms with Gasteiger partial charge in [0.05, 0.1) is 11.9 Å². The molecule has 0 atom stereocenters. The number of nitrogens with one attached hydrogen (secondary N) is 1. The fraction of sp³-hybridized carbons (Fsp3) is 0.533. The lowest BCUT2D eigenvalue weighted by molar-refractivity contribution is -0.116. The van der Waals surface area contributed by atoms with Gasteiger partial charge in [0.2, 0.25) is 5.91 Å². The second-order valence-corrected chi connectivity index (χ2v) is 5.25. The predicted octanol–water partition coefficient (Wildman–Crippen LogP) is 2.78. The van der Waals surface area contributed by atoms with E-state index in [1.54, 1.807) is 6.20 Å². The summed E-state index contributed by atoms with van der Waals surface area (Å²) in [5, 5.41) is 11.1. The minimum Gasteiger partial charge on any atom is -0.361 e. The van der Waals surface area contributed by atoms with Crippen molar-refractivity contribution in [3.63, 3.8) is 0 Å². The van der Waals surface area contributed by atoms with Crippen LogP contribution in [0.5, 0.6) is 0 Å². The summed E-state index contributed by atoms with van der Waals surface area (Å²) < 4.78 is 6.94. The fourth-order valence-electron chi connectivity index (χ4n) is 2.32. The SMILES string of the molecule is CCCn1ncc(C)c1NC(=O)CCc1c(C)noc1C.